The van der Waals surface area contributed by atoms with Gasteiger partial charge in [-0.2, -0.15) is 0 Å². The highest BCUT2D eigenvalue weighted by Gasteiger charge is 2.21. The third kappa shape index (κ3) is 2.99. The fourth-order valence-electron chi connectivity index (χ4n) is 2.23. The van der Waals surface area contributed by atoms with E-state index in [-0.39, 0.29) is 0 Å². The van der Waals surface area contributed by atoms with Crippen LogP contribution < -0.4 is 0 Å². The maximum absolute atomic E-state index is 5.41. The fraction of sp³-hybridized carbons (Fsp3) is 0.571. The lowest BCUT2D eigenvalue weighted by Crippen LogP contribution is -2.38. The highest BCUT2D eigenvalue weighted by Crippen LogP contribution is 2.22. The summed E-state index contributed by atoms with van der Waals surface area (Å²) in [5.41, 5.74) is 2.41. The van der Waals surface area contributed by atoms with Gasteiger partial charge in [-0.15, -0.1) is 0 Å². The van der Waals surface area contributed by atoms with Crippen LogP contribution >= 0.6 is 0 Å². The first-order chi connectivity index (χ1) is 7.74. The molecule has 0 N–H and O–H groups in total. The average molecular weight is 221 g/mol. The molecule has 1 fully saturated rings. The van der Waals surface area contributed by atoms with Crippen molar-refractivity contribution in [3.63, 3.8) is 0 Å². The molecule has 0 bridgehead atoms. The minimum atomic E-state index is 0.585. The molecule has 1 aliphatic rings. The van der Waals surface area contributed by atoms with Gasteiger partial charge in [0.25, 0.3) is 0 Å². The largest absolute Gasteiger partial charge is 0.381 e. The molecule has 1 heterocycles. The Balaban J connectivity index is 2.85. The lowest BCUT2D eigenvalue weighted by atomic mass is 10.0. The van der Waals surface area contributed by atoms with Crippen LogP contribution in [0.4, 0.5) is 0 Å². The van der Waals surface area contributed by atoms with E-state index < -0.39 is 0 Å². The molecule has 0 aromatic heterocycles. The van der Waals surface area contributed by atoms with E-state index in [1.165, 1.54) is 11.3 Å². The molecule has 1 rings (SSSR count). The summed E-state index contributed by atoms with van der Waals surface area (Å²) in [6.45, 7) is 14.8. The first-order valence-corrected chi connectivity index (χ1v) is 6.04. The molecule has 1 saturated heterocycles. The molecule has 1 aliphatic heterocycles. The van der Waals surface area contributed by atoms with Crippen LogP contribution in [0.2, 0.25) is 0 Å². The summed E-state index contributed by atoms with van der Waals surface area (Å²) >= 11 is 0. The van der Waals surface area contributed by atoms with Crippen molar-refractivity contribution >= 4 is 0 Å². The smallest absolute Gasteiger partial charge is 0.0485 e. The number of rotatable bonds is 5. The fourth-order valence-corrected chi connectivity index (χ4v) is 2.23. The van der Waals surface area contributed by atoms with Crippen LogP contribution in [0.1, 0.15) is 26.7 Å². The molecule has 0 radical (unpaired) electrons. The standard InChI is InChI=1S/C14H23NO/c1-5-12(4)14(6-2)15(7-3)13-8-10-16-11-9-13/h5-6,13H,1-2,7-11H2,3-4H3/b14-12+. The van der Waals surface area contributed by atoms with Crippen molar-refractivity contribution in [2.24, 2.45) is 0 Å². The van der Waals surface area contributed by atoms with Crippen LogP contribution in [-0.2, 0) is 4.74 Å². The highest BCUT2D eigenvalue weighted by molar-refractivity contribution is 5.29. The second-order valence-corrected chi connectivity index (χ2v) is 4.11. The summed E-state index contributed by atoms with van der Waals surface area (Å²) in [6, 6.07) is 0.585. The van der Waals surface area contributed by atoms with Gasteiger partial charge in [-0.3, -0.25) is 0 Å². The Hall–Kier alpha value is -1.02. The number of nitrogens with zero attached hydrogens (tertiary/aromatic N) is 1. The van der Waals surface area contributed by atoms with Gasteiger partial charge in [0.15, 0.2) is 0 Å². The zero-order valence-electron chi connectivity index (χ0n) is 10.5. The maximum Gasteiger partial charge on any atom is 0.0485 e. The number of allylic oxidation sites excluding steroid dienone is 3. The van der Waals surface area contributed by atoms with Crippen molar-refractivity contribution in [1.82, 2.24) is 4.90 Å². The topological polar surface area (TPSA) is 12.5 Å². The predicted octanol–water partition coefficient (Wildman–Crippen LogP) is 3.13. The third-order valence-corrected chi connectivity index (χ3v) is 3.19. The van der Waals surface area contributed by atoms with Crippen LogP contribution in [0.5, 0.6) is 0 Å². The van der Waals surface area contributed by atoms with Crippen LogP contribution in [0.25, 0.3) is 0 Å². The van der Waals surface area contributed by atoms with Crippen molar-refractivity contribution in [2.75, 3.05) is 19.8 Å². The first-order valence-electron chi connectivity index (χ1n) is 6.04. The molecule has 0 amide bonds. The molecule has 0 unspecified atom stereocenters. The number of ether oxygens (including phenoxy) is 1. The quantitative estimate of drug-likeness (QED) is 0.661. The van der Waals surface area contributed by atoms with Crippen LogP contribution in [-0.4, -0.2) is 30.7 Å². The van der Waals surface area contributed by atoms with Crippen molar-refractivity contribution in [1.29, 1.82) is 0 Å². The first kappa shape index (κ1) is 13.0. The molecule has 2 heteroatoms. The van der Waals surface area contributed by atoms with Gasteiger partial charge in [-0.05, 0) is 38.3 Å². The Morgan fingerprint density at radius 1 is 1.31 bits per heavy atom. The summed E-state index contributed by atoms with van der Waals surface area (Å²) in [6.07, 6.45) is 6.06. The summed E-state index contributed by atoms with van der Waals surface area (Å²) in [5.74, 6) is 0. The normalized spacial score (nSPS) is 18.9. The van der Waals surface area contributed by atoms with E-state index in [1.807, 2.05) is 12.2 Å². The van der Waals surface area contributed by atoms with Gasteiger partial charge >= 0.3 is 0 Å². The molecule has 0 aliphatic carbocycles. The van der Waals surface area contributed by atoms with Gasteiger partial charge in [-0.1, -0.05) is 19.2 Å². The molecule has 0 aromatic rings. The van der Waals surface area contributed by atoms with E-state index >= 15 is 0 Å². The Bertz CT molecular complexity index is 274. The predicted molar refractivity (Wildman–Crippen MR) is 69.3 cm³/mol. The lowest BCUT2D eigenvalue weighted by molar-refractivity contribution is 0.0480. The van der Waals surface area contributed by atoms with Gasteiger partial charge < -0.3 is 9.64 Å². The Morgan fingerprint density at radius 2 is 1.94 bits per heavy atom. The molecule has 0 aromatic carbocycles. The Labute approximate surface area is 99.3 Å². The number of hydrogen-bond donors (Lipinski definition) is 0. The molecule has 90 valence electrons. The van der Waals surface area contributed by atoms with Crippen LogP contribution in [0.15, 0.2) is 36.6 Å². The molecular formula is C14H23NO. The second-order valence-electron chi connectivity index (χ2n) is 4.11. The number of hydrogen-bond acceptors (Lipinski definition) is 2. The van der Waals surface area contributed by atoms with Crippen molar-refractivity contribution in [3.05, 3.63) is 36.6 Å². The maximum atomic E-state index is 5.41. The van der Waals surface area contributed by atoms with E-state index in [2.05, 4.69) is 31.9 Å². The Kier molecular flexibility index (Phi) is 5.33. The van der Waals surface area contributed by atoms with E-state index in [0.29, 0.717) is 6.04 Å². The van der Waals surface area contributed by atoms with Crippen molar-refractivity contribution < 1.29 is 4.74 Å². The molecule has 16 heavy (non-hydrogen) atoms. The number of likely N-dealkylation sites (N-methyl/N-ethyl adjacent to an activating group) is 1. The SMILES string of the molecule is C=C/C(C)=C(\C=C)N(CC)C1CCOCC1. The van der Waals surface area contributed by atoms with Gasteiger partial charge in [0.1, 0.15) is 0 Å². The average Bonchev–Trinajstić information content (AvgIpc) is 2.36. The highest BCUT2D eigenvalue weighted by atomic mass is 16.5. The van der Waals surface area contributed by atoms with E-state index in [1.54, 1.807) is 0 Å². The van der Waals surface area contributed by atoms with Gasteiger partial charge in [-0.25, -0.2) is 0 Å². The molecule has 0 atom stereocenters. The molecule has 2 nitrogen and oxygen atoms in total. The summed E-state index contributed by atoms with van der Waals surface area (Å²) in [5, 5.41) is 0. The zero-order valence-corrected chi connectivity index (χ0v) is 10.5. The molecule has 0 spiro atoms. The van der Waals surface area contributed by atoms with Crippen LogP contribution in [0, 0.1) is 0 Å². The lowest BCUT2D eigenvalue weighted by Gasteiger charge is -2.36. The van der Waals surface area contributed by atoms with E-state index in [0.717, 1.165) is 32.6 Å². The minimum Gasteiger partial charge on any atom is -0.381 e. The minimum absolute atomic E-state index is 0.585. The summed E-state index contributed by atoms with van der Waals surface area (Å²) in [7, 11) is 0. The Morgan fingerprint density at radius 3 is 2.38 bits per heavy atom. The van der Waals surface area contributed by atoms with Gasteiger partial charge in [0.05, 0.1) is 0 Å². The van der Waals surface area contributed by atoms with Gasteiger partial charge in [0.2, 0.25) is 0 Å². The van der Waals surface area contributed by atoms with Gasteiger partial charge in [0, 0.05) is 31.5 Å². The molecular weight excluding hydrogens is 198 g/mol. The molecule has 0 saturated carbocycles. The summed E-state index contributed by atoms with van der Waals surface area (Å²) < 4.78 is 5.41. The van der Waals surface area contributed by atoms with Crippen LogP contribution in [0.3, 0.4) is 0 Å². The van der Waals surface area contributed by atoms with Crippen molar-refractivity contribution in [2.45, 2.75) is 32.7 Å². The third-order valence-electron chi connectivity index (χ3n) is 3.19. The van der Waals surface area contributed by atoms with E-state index in [9.17, 15) is 0 Å². The summed E-state index contributed by atoms with van der Waals surface area (Å²) in [4.78, 5) is 2.42. The monoisotopic (exact) mass is 221 g/mol. The zero-order chi connectivity index (χ0) is 12.0. The van der Waals surface area contributed by atoms with E-state index in [4.69, 9.17) is 4.74 Å². The second kappa shape index (κ2) is 6.54. The van der Waals surface area contributed by atoms with Crippen molar-refractivity contribution in [3.8, 4) is 0 Å².